The first-order valence-corrected chi connectivity index (χ1v) is 4.99. The molecule has 1 amide bonds. The zero-order valence-corrected chi connectivity index (χ0v) is 8.83. The zero-order chi connectivity index (χ0) is 11.7. The molecule has 1 atom stereocenters. The lowest BCUT2D eigenvalue weighted by Crippen LogP contribution is -2.32. The van der Waals surface area contributed by atoms with Crippen LogP contribution in [0.15, 0.2) is 23.3 Å². The van der Waals surface area contributed by atoms with Crippen LogP contribution in [-0.2, 0) is 4.79 Å². The van der Waals surface area contributed by atoms with Gasteiger partial charge in [-0.25, -0.2) is 9.82 Å². The number of hydrogen-bond acceptors (Lipinski definition) is 3. The third kappa shape index (κ3) is 1.88. The van der Waals surface area contributed by atoms with Crippen molar-refractivity contribution in [3.8, 4) is 0 Å². The average Bonchev–Trinajstić information content (AvgIpc) is 2.22. The van der Waals surface area contributed by atoms with Crippen LogP contribution in [0.3, 0.4) is 0 Å². The van der Waals surface area contributed by atoms with E-state index in [1.807, 2.05) is 6.92 Å². The molecule has 5 heteroatoms. The Kier molecular flexibility index (Phi) is 2.60. The number of rotatable bonds is 1. The van der Waals surface area contributed by atoms with E-state index in [1.165, 1.54) is 12.1 Å². The summed E-state index contributed by atoms with van der Waals surface area (Å²) in [5, 5.41) is 3.94. The van der Waals surface area contributed by atoms with E-state index in [0.29, 0.717) is 17.7 Å². The van der Waals surface area contributed by atoms with Crippen LogP contribution in [0.4, 0.5) is 10.1 Å². The van der Waals surface area contributed by atoms with Gasteiger partial charge in [0.25, 0.3) is 0 Å². The van der Waals surface area contributed by atoms with Crippen molar-refractivity contribution in [3.63, 3.8) is 0 Å². The van der Waals surface area contributed by atoms with E-state index >= 15 is 0 Å². The highest BCUT2D eigenvalue weighted by Gasteiger charge is 2.21. The van der Waals surface area contributed by atoms with Crippen molar-refractivity contribution >= 4 is 17.3 Å². The van der Waals surface area contributed by atoms with Gasteiger partial charge in [-0.2, -0.15) is 5.10 Å². The number of hydrogen-bond donors (Lipinski definition) is 2. The maximum absolute atomic E-state index is 13.3. The topological polar surface area (TPSA) is 67.5 Å². The number of nitrogen functional groups attached to an aromatic ring is 1. The second-order valence-corrected chi connectivity index (χ2v) is 3.87. The van der Waals surface area contributed by atoms with Gasteiger partial charge in [0.2, 0.25) is 5.91 Å². The molecule has 1 aliphatic rings. The molecule has 0 bridgehead atoms. The van der Waals surface area contributed by atoms with Crippen LogP contribution >= 0.6 is 0 Å². The molecule has 4 nitrogen and oxygen atoms in total. The summed E-state index contributed by atoms with van der Waals surface area (Å²) in [4.78, 5) is 11.1. The number of nitrogens with zero attached hydrogens (tertiary/aromatic N) is 1. The van der Waals surface area contributed by atoms with Gasteiger partial charge in [0.1, 0.15) is 5.82 Å². The number of carbonyl (C=O) groups is 1. The van der Waals surface area contributed by atoms with Gasteiger partial charge in [-0.15, -0.1) is 0 Å². The van der Waals surface area contributed by atoms with E-state index in [0.717, 1.165) is 0 Å². The molecule has 1 aliphatic heterocycles. The molecule has 0 fully saturated rings. The van der Waals surface area contributed by atoms with Crippen LogP contribution in [0.1, 0.15) is 18.9 Å². The standard InChI is InChI=1S/C11H12FN3O/c1-6-4-10(16)14-15-11(6)7-2-3-9(13)8(12)5-7/h2-3,5-6H,4,13H2,1H3,(H,14,16)/t6-/m1/s1. The molecule has 16 heavy (non-hydrogen) atoms. The van der Waals surface area contributed by atoms with Gasteiger partial charge in [-0.1, -0.05) is 13.0 Å². The predicted octanol–water partition coefficient (Wildman–Crippen LogP) is 1.27. The highest BCUT2D eigenvalue weighted by atomic mass is 19.1. The molecule has 1 aromatic rings. The normalized spacial score (nSPS) is 20.2. The van der Waals surface area contributed by atoms with E-state index in [9.17, 15) is 9.18 Å². The Morgan fingerprint density at radius 2 is 2.31 bits per heavy atom. The Bertz CT molecular complexity index is 470. The first-order chi connectivity index (χ1) is 7.58. The minimum absolute atomic E-state index is 0.0169. The van der Waals surface area contributed by atoms with Crippen LogP contribution in [0.2, 0.25) is 0 Å². The molecule has 0 radical (unpaired) electrons. The van der Waals surface area contributed by atoms with E-state index in [1.54, 1.807) is 6.07 Å². The van der Waals surface area contributed by atoms with Gasteiger partial charge < -0.3 is 5.73 Å². The van der Waals surface area contributed by atoms with Gasteiger partial charge >= 0.3 is 0 Å². The molecule has 0 unspecified atom stereocenters. The summed E-state index contributed by atoms with van der Waals surface area (Å²) in [6, 6.07) is 4.53. The van der Waals surface area contributed by atoms with E-state index in [4.69, 9.17) is 5.73 Å². The molecule has 0 spiro atoms. The number of hydrazone groups is 1. The minimum atomic E-state index is -0.468. The number of anilines is 1. The van der Waals surface area contributed by atoms with Gasteiger partial charge in [-0.05, 0) is 12.1 Å². The van der Waals surface area contributed by atoms with E-state index in [-0.39, 0.29) is 17.5 Å². The second kappa shape index (κ2) is 3.92. The van der Waals surface area contributed by atoms with Gasteiger partial charge in [-0.3, -0.25) is 4.79 Å². The lowest BCUT2D eigenvalue weighted by Gasteiger charge is -2.19. The Morgan fingerprint density at radius 1 is 1.56 bits per heavy atom. The van der Waals surface area contributed by atoms with Crippen molar-refractivity contribution in [3.05, 3.63) is 29.6 Å². The molecular formula is C11H12FN3O. The number of nitrogens with one attached hydrogen (secondary N) is 1. The molecule has 2 rings (SSSR count). The lowest BCUT2D eigenvalue weighted by atomic mass is 9.94. The number of benzene rings is 1. The van der Waals surface area contributed by atoms with Crippen molar-refractivity contribution < 1.29 is 9.18 Å². The maximum Gasteiger partial charge on any atom is 0.240 e. The number of carbonyl (C=O) groups excluding carboxylic acids is 1. The summed E-state index contributed by atoms with van der Waals surface area (Å²) in [7, 11) is 0. The third-order valence-corrected chi connectivity index (χ3v) is 2.56. The molecule has 0 saturated carbocycles. The lowest BCUT2D eigenvalue weighted by molar-refractivity contribution is -0.121. The summed E-state index contributed by atoms with van der Waals surface area (Å²) in [5.41, 5.74) is 9.22. The van der Waals surface area contributed by atoms with Crippen LogP contribution in [0.25, 0.3) is 0 Å². The molecular weight excluding hydrogens is 209 g/mol. The fourth-order valence-electron chi connectivity index (χ4n) is 1.69. The minimum Gasteiger partial charge on any atom is -0.396 e. The van der Waals surface area contributed by atoms with Crippen LogP contribution in [-0.4, -0.2) is 11.6 Å². The molecule has 0 aliphatic carbocycles. The number of halogens is 1. The second-order valence-electron chi connectivity index (χ2n) is 3.87. The monoisotopic (exact) mass is 221 g/mol. The highest BCUT2D eigenvalue weighted by Crippen LogP contribution is 2.19. The largest absolute Gasteiger partial charge is 0.396 e. The molecule has 1 heterocycles. The Hall–Kier alpha value is -1.91. The Morgan fingerprint density at radius 3 is 2.94 bits per heavy atom. The summed E-state index contributed by atoms with van der Waals surface area (Å²) in [6.07, 6.45) is 0.366. The average molecular weight is 221 g/mol. The van der Waals surface area contributed by atoms with E-state index < -0.39 is 5.82 Å². The zero-order valence-electron chi connectivity index (χ0n) is 8.83. The van der Waals surface area contributed by atoms with Crippen LogP contribution in [0.5, 0.6) is 0 Å². The molecule has 0 saturated heterocycles. The number of amides is 1. The first kappa shape index (κ1) is 10.6. The summed E-state index contributed by atoms with van der Waals surface area (Å²) in [5.74, 6) is -0.603. The summed E-state index contributed by atoms with van der Waals surface area (Å²) < 4.78 is 13.3. The molecule has 0 aromatic heterocycles. The van der Waals surface area contributed by atoms with Crippen molar-refractivity contribution in [2.45, 2.75) is 13.3 Å². The molecule has 3 N–H and O–H groups in total. The first-order valence-electron chi connectivity index (χ1n) is 4.99. The molecule has 84 valence electrons. The fraction of sp³-hybridized carbons (Fsp3) is 0.273. The van der Waals surface area contributed by atoms with Crippen molar-refractivity contribution in [2.24, 2.45) is 11.0 Å². The van der Waals surface area contributed by atoms with Crippen molar-refractivity contribution in [2.75, 3.05) is 5.73 Å². The van der Waals surface area contributed by atoms with Crippen LogP contribution < -0.4 is 11.2 Å². The van der Waals surface area contributed by atoms with E-state index in [2.05, 4.69) is 10.5 Å². The van der Waals surface area contributed by atoms with Gasteiger partial charge in [0.05, 0.1) is 11.4 Å². The predicted molar refractivity (Wildman–Crippen MR) is 59.3 cm³/mol. The SMILES string of the molecule is C[C@@H]1CC(=O)NN=C1c1ccc(N)c(F)c1. The van der Waals surface area contributed by atoms with Gasteiger partial charge in [0.15, 0.2) is 0 Å². The molecule has 1 aromatic carbocycles. The Labute approximate surface area is 92.3 Å². The summed E-state index contributed by atoms with van der Waals surface area (Å²) >= 11 is 0. The van der Waals surface area contributed by atoms with Crippen LogP contribution in [0, 0.1) is 11.7 Å². The quantitative estimate of drug-likeness (QED) is 0.701. The Balaban J connectivity index is 2.37. The third-order valence-electron chi connectivity index (χ3n) is 2.56. The summed E-state index contributed by atoms with van der Waals surface area (Å²) in [6.45, 7) is 1.88. The van der Waals surface area contributed by atoms with Crippen molar-refractivity contribution in [1.29, 1.82) is 0 Å². The fourth-order valence-corrected chi connectivity index (χ4v) is 1.69. The van der Waals surface area contributed by atoms with Gasteiger partial charge in [0, 0.05) is 17.9 Å². The number of nitrogens with two attached hydrogens (primary N) is 1. The van der Waals surface area contributed by atoms with Crippen molar-refractivity contribution in [1.82, 2.24) is 5.43 Å². The smallest absolute Gasteiger partial charge is 0.240 e. The highest BCUT2D eigenvalue weighted by molar-refractivity contribution is 6.05. The maximum atomic E-state index is 13.3.